The maximum atomic E-state index is 3.11. The van der Waals surface area contributed by atoms with Crippen LogP contribution in [0.15, 0.2) is 127 Å². The summed E-state index contributed by atoms with van der Waals surface area (Å²) in [5.41, 5.74) is 13.0. The molecule has 0 fully saturated rings. The Morgan fingerprint density at radius 3 is 1.33 bits per heavy atom. The molecule has 0 atom stereocenters. The van der Waals surface area contributed by atoms with Gasteiger partial charge >= 0.3 is 0 Å². The minimum atomic E-state index is 1.21. The highest BCUT2D eigenvalue weighted by molar-refractivity contribution is 5.84. The number of hydrogen-bond acceptors (Lipinski definition) is 0. The zero-order chi connectivity index (χ0) is 23.5. The molecule has 0 nitrogen and oxygen atoms in total. The van der Waals surface area contributed by atoms with E-state index in [2.05, 4.69) is 115 Å². The van der Waals surface area contributed by atoms with E-state index in [1.807, 2.05) is 39.8 Å². The van der Waals surface area contributed by atoms with Crippen LogP contribution in [0.3, 0.4) is 0 Å². The first-order valence-electron chi connectivity index (χ1n) is 11.9. The molecule has 0 saturated carbocycles. The van der Waals surface area contributed by atoms with Crippen LogP contribution in [0.25, 0.3) is 39.0 Å². The fraction of sp³-hybridized carbons (Fsp3) is 0.121. The van der Waals surface area contributed by atoms with Gasteiger partial charge in [-0.1, -0.05) is 131 Å². The van der Waals surface area contributed by atoms with Crippen LogP contribution in [0.5, 0.6) is 0 Å². The summed E-state index contributed by atoms with van der Waals surface area (Å²) in [5, 5.41) is 0. The van der Waals surface area contributed by atoms with Crippen molar-refractivity contribution in [3.63, 3.8) is 0 Å². The molecule has 0 saturated heterocycles. The van der Waals surface area contributed by atoms with Crippen LogP contribution in [0.4, 0.5) is 0 Å². The second-order valence-corrected chi connectivity index (χ2v) is 7.17. The van der Waals surface area contributed by atoms with Gasteiger partial charge in [0, 0.05) is 0 Å². The van der Waals surface area contributed by atoms with Gasteiger partial charge in [-0.3, -0.25) is 0 Å². The summed E-state index contributed by atoms with van der Waals surface area (Å²) in [5.74, 6) is 0. The second kappa shape index (κ2) is 12.2. The van der Waals surface area contributed by atoms with Gasteiger partial charge in [0.15, 0.2) is 0 Å². The zero-order valence-corrected chi connectivity index (χ0v) is 20.0. The van der Waals surface area contributed by atoms with Crippen molar-refractivity contribution in [2.45, 2.75) is 27.7 Å². The summed E-state index contributed by atoms with van der Waals surface area (Å²) in [6.45, 7) is 8.00. The molecule has 0 spiro atoms. The minimum Gasteiger partial charge on any atom is -0.120 e. The first kappa shape index (κ1) is 23.8. The predicted molar refractivity (Wildman–Crippen MR) is 146 cm³/mol. The van der Waals surface area contributed by atoms with Gasteiger partial charge in [0.1, 0.15) is 0 Å². The molecule has 164 valence electrons. The molecule has 0 N–H and O–H groups in total. The summed E-state index contributed by atoms with van der Waals surface area (Å²) >= 11 is 0. The Balaban J connectivity index is 0.000000728. The Bertz CT molecular complexity index is 1230. The highest BCUT2D eigenvalue weighted by Gasteiger charge is 2.07. The maximum absolute atomic E-state index is 3.11. The predicted octanol–water partition coefficient (Wildman–Crippen LogP) is 9.85. The Labute approximate surface area is 199 Å². The molecule has 0 heteroatoms. The molecular weight excluding hydrogens is 396 g/mol. The van der Waals surface area contributed by atoms with Gasteiger partial charge in [-0.05, 0) is 62.7 Å². The zero-order valence-electron chi connectivity index (χ0n) is 20.0. The van der Waals surface area contributed by atoms with E-state index in [0.717, 1.165) is 0 Å². The van der Waals surface area contributed by atoms with Crippen molar-refractivity contribution < 1.29 is 0 Å². The smallest absolute Gasteiger partial charge is 0.0101 e. The lowest BCUT2D eigenvalue weighted by Crippen LogP contribution is -1.86. The standard InChI is InChI=1S/C29H20.2C2H6/c1-2-10-26(11-3-1)28-12-6-7-13-29(28)27-20-18-25(19-21-27)24-16-14-23(15-17-24)22-8-4-5-9-22;2*1-2/h1-4,6-21H;2*1-2H3. The molecule has 1 aliphatic rings. The normalized spacial score (nSPS) is 11.1. The molecule has 5 rings (SSSR count). The number of hydrogen-bond donors (Lipinski definition) is 0. The fourth-order valence-electron chi connectivity index (χ4n) is 3.81. The summed E-state index contributed by atoms with van der Waals surface area (Å²) in [4.78, 5) is 0. The van der Waals surface area contributed by atoms with Crippen molar-refractivity contribution in [2.75, 3.05) is 0 Å². The van der Waals surface area contributed by atoms with E-state index >= 15 is 0 Å². The number of allylic oxidation sites excluding steroid dienone is 3. The maximum Gasteiger partial charge on any atom is -0.0101 e. The molecular formula is C33H32. The topological polar surface area (TPSA) is 0 Å². The number of benzene rings is 4. The number of rotatable bonds is 4. The van der Waals surface area contributed by atoms with Crippen molar-refractivity contribution in [1.29, 1.82) is 0 Å². The third-order valence-electron chi connectivity index (χ3n) is 5.36. The van der Waals surface area contributed by atoms with Gasteiger partial charge < -0.3 is 0 Å². The van der Waals surface area contributed by atoms with Crippen LogP contribution in [0, 0.1) is 0 Å². The summed E-state index contributed by atoms with van der Waals surface area (Å²) in [6, 6.07) is 36.8. The van der Waals surface area contributed by atoms with E-state index in [1.54, 1.807) is 0 Å². The molecule has 33 heavy (non-hydrogen) atoms. The molecule has 0 aliphatic heterocycles. The Morgan fingerprint density at radius 2 is 0.848 bits per heavy atom. The van der Waals surface area contributed by atoms with E-state index < -0.39 is 0 Å². The molecule has 0 unspecified atom stereocenters. The van der Waals surface area contributed by atoms with E-state index in [1.165, 1.54) is 44.5 Å². The van der Waals surface area contributed by atoms with Crippen LogP contribution >= 0.6 is 0 Å². The monoisotopic (exact) mass is 428 g/mol. The first-order chi connectivity index (χ1) is 16.4. The van der Waals surface area contributed by atoms with Crippen LogP contribution < -0.4 is 0 Å². The highest BCUT2D eigenvalue weighted by Crippen LogP contribution is 2.33. The lowest BCUT2D eigenvalue weighted by molar-refractivity contribution is 1.50. The van der Waals surface area contributed by atoms with Gasteiger partial charge in [-0.25, -0.2) is 0 Å². The molecule has 0 radical (unpaired) electrons. The fourth-order valence-corrected chi connectivity index (χ4v) is 3.81. The van der Waals surface area contributed by atoms with Gasteiger partial charge in [0.05, 0.1) is 0 Å². The van der Waals surface area contributed by atoms with Gasteiger partial charge in [0.2, 0.25) is 0 Å². The molecule has 1 aliphatic carbocycles. The average Bonchev–Trinajstić information content (AvgIpc) is 3.47. The largest absolute Gasteiger partial charge is 0.120 e. The van der Waals surface area contributed by atoms with Crippen molar-refractivity contribution in [3.8, 4) is 33.4 Å². The summed E-state index contributed by atoms with van der Waals surface area (Å²) in [7, 11) is 0. The third kappa shape index (κ3) is 5.69. The highest BCUT2D eigenvalue weighted by atomic mass is 14.1. The molecule has 0 bridgehead atoms. The Kier molecular flexibility index (Phi) is 8.83. The van der Waals surface area contributed by atoms with Gasteiger partial charge in [-0.2, -0.15) is 0 Å². The molecule has 0 amide bonds. The lowest BCUT2D eigenvalue weighted by atomic mass is 9.93. The second-order valence-electron chi connectivity index (χ2n) is 7.17. The third-order valence-corrected chi connectivity index (χ3v) is 5.36. The lowest BCUT2D eigenvalue weighted by Gasteiger charge is -2.11. The van der Waals surface area contributed by atoms with Gasteiger partial charge in [-0.15, -0.1) is 5.73 Å². The quantitative estimate of drug-likeness (QED) is 0.284. The summed E-state index contributed by atoms with van der Waals surface area (Å²) in [6.07, 6.45) is 6.07. The Hall–Kier alpha value is -3.86. The van der Waals surface area contributed by atoms with Gasteiger partial charge in [0.25, 0.3) is 0 Å². The van der Waals surface area contributed by atoms with E-state index in [0.29, 0.717) is 0 Å². The van der Waals surface area contributed by atoms with E-state index in [-0.39, 0.29) is 0 Å². The minimum absolute atomic E-state index is 1.21. The van der Waals surface area contributed by atoms with Crippen molar-refractivity contribution in [1.82, 2.24) is 0 Å². The Morgan fingerprint density at radius 1 is 0.424 bits per heavy atom. The van der Waals surface area contributed by atoms with Crippen molar-refractivity contribution in [2.24, 2.45) is 0 Å². The van der Waals surface area contributed by atoms with Crippen LogP contribution in [-0.2, 0) is 0 Å². The molecule has 4 aromatic rings. The van der Waals surface area contributed by atoms with Crippen LogP contribution in [-0.4, -0.2) is 0 Å². The van der Waals surface area contributed by atoms with Crippen molar-refractivity contribution >= 4 is 5.57 Å². The first-order valence-corrected chi connectivity index (χ1v) is 11.9. The molecule has 0 aromatic heterocycles. The van der Waals surface area contributed by atoms with E-state index in [9.17, 15) is 0 Å². The van der Waals surface area contributed by atoms with Crippen LogP contribution in [0.1, 0.15) is 33.3 Å². The van der Waals surface area contributed by atoms with Crippen molar-refractivity contribution in [3.05, 3.63) is 133 Å². The molecule has 0 heterocycles. The molecule has 4 aromatic carbocycles. The summed E-state index contributed by atoms with van der Waals surface area (Å²) < 4.78 is 0. The van der Waals surface area contributed by atoms with Crippen LogP contribution in [0.2, 0.25) is 0 Å². The van der Waals surface area contributed by atoms with E-state index in [4.69, 9.17) is 0 Å². The average molecular weight is 429 g/mol. The SMILES string of the molecule is C1=CC=C(c2ccc(-c3ccc(-c4ccccc4-c4ccccc4)cc3)cc2)C=1.CC.CC.